The van der Waals surface area contributed by atoms with Crippen LogP contribution in [-0.4, -0.2) is 76.7 Å². The van der Waals surface area contributed by atoms with Crippen molar-refractivity contribution in [2.45, 2.75) is 46.0 Å². The van der Waals surface area contributed by atoms with Gasteiger partial charge in [-0.2, -0.15) is 0 Å². The fourth-order valence-electron chi connectivity index (χ4n) is 3.34. The topological polar surface area (TPSA) is 122 Å². The Morgan fingerprint density at radius 2 is 1.81 bits per heavy atom. The normalized spacial score (nSPS) is 18.4. The van der Waals surface area contributed by atoms with Crippen molar-refractivity contribution in [1.82, 2.24) is 20.4 Å². The molecule has 1 aromatic carbocycles. The second-order valence-electron chi connectivity index (χ2n) is 8.87. The Kier molecular flexibility index (Phi) is 8.27. The van der Waals surface area contributed by atoms with E-state index in [1.54, 1.807) is 39.0 Å². The number of carbonyl (C=O) groups excluding carboxylic acids is 2. The molecule has 1 aliphatic heterocycles. The first-order valence-corrected chi connectivity index (χ1v) is 10.5. The summed E-state index contributed by atoms with van der Waals surface area (Å²) in [7, 11) is 1.87. The highest BCUT2D eigenvalue weighted by molar-refractivity contribution is 6.30. The van der Waals surface area contributed by atoms with E-state index in [0.717, 1.165) is 0 Å². The van der Waals surface area contributed by atoms with Gasteiger partial charge in [-0.15, -0.1) is 0 Å². The molecule has 2 rings (SSSR count). The summed E-state index contributed by atoms with van der Waals surface area (Å²) in [5.74, 6) is -0.812. The van der Waals surface area contributed by atoms with Crippen molar-refractivity contribution in [2.75, 3.05) is 26.7 Å². The highest BCUT2D eigenvalue weighted by Gasteiger charge is 2.40. The van der Waals surface area contributed by atoms with Crippen LogP contribution < -0.4 is 10.6 Å². The van der Waals surface area contributed by atoms with E-state index in [4.69, 9.17) is 16.7 Å². The molecule has 1 aliphatic rings. The number of nitrogens with zero attached hydrogens (tertiary/aromatic N) is 2. The van der Waals surface area contributed by atoms with Crippen LogP contribution in [0.1, 0.15) is 31.9 Å². The summed E-state index contributed by atoms with van der Waals surface area (Å²) >= 11 is 6.07. The second kappa shape index (κ2) is 10.3. The number of amides is 3. The average molecular weight is 455 g/mol. The Morgan fingerprint density at radius 3 is 2.42 bits per heavy atom. The van der Waals surface area contributed by atoms with Crippen LogP contribution in [0, 0.1) is 5.41 Å². The number of hydrogen-bond donors (Lipinski definition) is 4. The van der Waals surface area contributed by atoms with Gasteiger partial charge in [-0.1, -0.05) is 38.4 Å². The van der Waals surface area contributed by atoms with Gasteiger partial charge in [0.1, 0.15) is 12.1 Å². The molecule has 2 unspecified atom stereocenters. The minimum Gasteiger partial charge on any atom is -0.465 e. The molecule has 0 saturated carbocycles. The third kappa shape index (κ3) is 6.81. The molecule has 0 radical (unpaired) electrons. The molecular weight excluding hydrogens is 424 g/mol. The molecule has 1 saturated heterocycles. The van der Waals surface area contributed by atoms with E-state index in [-0.39, 0.29) is 19.0 Å². The zero-order chi connectivity index (χ0) is 23.3. The number of rotatable bonds is 6. The summed E-state index contributed by atoms with van der Waals surface area (Å²) in [5.41, 5.74) is 0.712. The Bertz CT molecular complexity index is 826. The lowest BCUT2D eigenvalue weighted by Gasteiger charge is -2.41. The predicted octanol–water partition coefficient (Wildman–Crippen LogP) is 1.27. The maximum atomic E-state index is 13.0. The third-order valence-corrected chi connectivity index (χ3v) is 5.51. The summed E-state index contributed by atoms with van der Waals surface area (Å²) in [6.45, 7) is 6.80. The van der Waals surface area contributed by atoms with E-state index in [1.807, 2.05) is 11.9 Å². The largest absolute Gasteiger partial charge is 0.465 e. The van der Waals surface area contributed by atoms with Crippen molar-refractivity contribution < 1.29 is 24.6 Å². The van der Waals surface area contributed by atoms with Crippen molar-refractivity contribution in [2.24, 2.45) is 5.41 Å². The smallest absolute Gasteiger partial charge is 0.404 e. The van der Waals surface area contributed by atoms with E-state index in [2.05, 4.69) is 10.6 Å². The van der Waals surface area contributed by atoms with E-state index >= 15 is 0 Å². The van der Waals surface area contributed by atoms with Gasteiger partial charge < -0.3 is 30.6 Å². The number of piperazine rings is 1. The standard InChI is InChI=1S/C21H31ClN4O5/c1-21(2,3)17(27)19(29)26-8-7-25(4)12-16(26)18(28)23-11-14-9-15(22)6-5-13(14)10-24-20(30)31/h5-6,9,16-17,24,27H,7-8,10-12H2,1-4H3,(H,23,28)(H,30,31). The predicted molar refractivity (Wildman–Crippen MR) is 117 cm³/mol. The second-order valence-corrected chi connectivity index (χ2v) is 9.30. The van der Waals surface area contributed by atoms with Crippen LogP contribution in [0.3, 0.4) is 0 Å². The number of carbonyl (C=O) groups is 3. The van der Waals surface area contributed by atoms with E-state index in [9.17, 15) is 19.5 Å². The van der Waals surface area contributed by atoms with Crippen molar-refractivity contribution in [3.05, 3.63) is 34.3 Å². The lowest BCUT2D eigenvalue weighted by molar-refractivity contribution is -0.154. The van der Waals surface area contributed by atoms with Crippen molar-refractivity contribution >= 4 is 29.5 Å². The molecule has 1 heterocycles. The number of nitrogens with one attached hydrogen (secondary N) is 2. The Labute approximate surface area is 187 Å². The lowest BCUT2D eigenvalue weighted by Crippen LogP contribution is -2.62. The van der Waals surface area contributed by atoms with Crippen LogP contribution in [0.25, 0.3) is 0 Å². The van der Waals surface area contributed by atoms with Crippen molar-refractivity contribution in [3.63, 3.8) is 0 Å². The molecule has 4 N–H and O–H groups in total. The Hall–Kier alpha value is -2.36. The number of aliphatic hydroxyl groups excluding tert-OH is 1. The average Bonchev–Trinajstić information content (AvgIpc) is 2.69. The maximum absolute atomic E-state index is 13.0. The van der Waals surface area contributed by atoms with Crippen LogP contribution in [0.2, 0.25) is 5.02 Å². The molecule has 10 heteroatoms. The zero-order valence-electron chi connectivity index (χ0n) is 18.3. The van der Waals surface area contributed by atoms with Crippen LogP contribution >= 0.6 is 11.6 Å². The minimum atomic E-state index is -1.21. The number of benzene rings is 1. The molecule has 0 bridgehead atoms. The Balaban J connectivity index is 2.14. The molecule has 172 valence electrons. The van der Waals surface area contributed by atoms with Crippen molar-refractivity contribution in [3.8, 4) is 0 Å². The maximum Gasteiger partial charge on any atom is 0.404 e. The zero-order valence-corrected chi connectivity index (χ0v) is 19.1. The van der Waals surface area contributed by atoms with Gasteiger partial charge in [0.05, 0.1) is 0 Å². The SMILES string of the molecule is CN1CCN(C(=O)C(O)C(C)(C)C)C(C(=O)NCc2cc(Cl)ccc2CNC(=O)O)C1. The lowest BCUT2D eigenvalue weighted by atomic mass is 9.88. The van der Waals surface area contributed by atoms with Crippen LogP contribution in [-0.2, 0) is 22.7 Å². The van der Waals surface area contributed by atoms with E-state index in [0.29, 0.717) is 35.8 Å². The first kappa shape index (κ1) is 24.9. The molecule has 2 atom stereocenters. The van der Waals surface area contributed by atoms with Gasteiger partial charge >= 0.3 is 6.09 Å². The number of carboxylic acid groups (broad SMARTS) is 1. The van der Waals surface area contributed by atoms with Gasteiger partial charge in [-0.25, -0.2) is 4.79 Å². The van der Waals surface area contributed by atoms with Gasteiger partial charge in [0, 0.05) is 37.7 Å². The molecule has 0 spiro atoms. The molecular formula is C21H31ClN4O5. The fraction of sp³-hybridized carbons (Fsp3) is 0.571. The minimum absolute atomic E-state index is 0.0757. The molecule has 0 aromatic heterocycles. The fourth-order valence-corrected chi connectivity index (χ4v) is 3.53. The van der Waals surface area contributed by atoms with Crippen LogP contribution in [0.5, 0.6) is 0 Å². The quantitative estimate of drug-likeness (QED) is 0.513. The summed E-state index contributed by atoms with van der Waals surface area (Å²) in [6, 6.07) is 4.27. The number of aliphatic hydroxyl groups is 1. The van der Waals surface area contributed by atoms with Crippen LogP contribution in [0.15, 0.2) is 18.2 Å². The molecule has 1 aromatic rings. The number of likely N-dealkylation sites (N-methyl/N-ethyl adjacent to an activating group) is 1. The van der Waals surface area contributed by atoms with Gasteiger partial charge in [0.15, 0.2) is 0 Å². The molecule has 1 fully saturated rings. The Morgan fingerprint density at radius 1 is 1.16 bits per heavy atom. The van der Waals surface area contributed by atoms with Crippen LogP contribution in [0.4, 0.5) is 4.79 Å². The van der Waals surface area contributed by atoms with Gasteiger partial charge in [-0.05, 0) is 35.7 Å². The third-order valence-electron chi connectivity index (χ3n) is 5.27. The van der Waals surface area contributed by atoms with Crippen molar-refractivity contribution in [1.29, 1.82) is 0 Å². The van der Waals surface area contributed by atoms with Gasteiger partial charge in [-0.3, -0.25) is 9.59 Å². The van der Waals surface area contributed by atoms with Gasteiger partial charge in [0.25, 0.3) is 5.91 Å². The first-order valence-electron chi connectivity index (χ1n) is 10.1. The summed E-state index contributed by atoms with van der Waals surface area (Å²) in [5, 5.41) is 24.9. The molecule has 3 amide bonds. The van der Waals surface area contributed by atoms with Gasteiger partial charge in [0.2, 0.25) is 5.91 Å². The summed E-state index contributed by atoms with van der Waals surface area (Å²) in [4.78, 5) is 40.1. The number of halogens is 1. The van der Waals surface area contributed by atoms with E-state index in [1.165, 1.54) is 4.90 Å². The monoisotopic (exact) mass is 454 g/mol. The summed E-state index contributed by atoms with van der Waals surface area (Å²) in [6.07, 6.45) is -2.37. The molecule has 31 heavy (non-hydrogen) atoms. The highest BCUT2D eigenvalue weighted by atomic mass is 35.5. The van der Waals surface area contributed by atoms with E-state index < -0.39 is 29.6 Å². The highest BCUT2D eigenvalue weighted by Crippen LogP contribution is 2.23. The first-order chi connectivity index (χ1) is 14.4. The number of hydrogen-bond acceptors (Lipinski definition) is 5. The summed E-state index contributed by atoms with van der Waals surface area (Å²) < 4.78 is 0. The molecule has 0 aliphatic carbocycles. The molecule has 9 nitrogen and oxygen atoms in total.